The number of fused-ring (bicyclic) bond motifs is 7. The number of Topliss-reactive ketones (excluding diaryl/α,β-unsaturated/α-hetero) is 1. The Morgan fingerprint density at radius 2 is 1.66 bits per heavy atom. The molecule has 0 aromatic heterocycles. The summed E-state index contributed by atoms with van der Waals surface area (Å²) in [4.78, 5) is 38.4. The summed E-state index contributed by atoms with van der Waals surface area (Å²) in [5.41, 5.74) is -8.00. The summed E-state index contributed by atoms with van der Waals surface area (Å²) in [5.74, 6) is -6.71. The van der Waals surface area contributed by atoms with Crippen LogP contribution in [0.5, 0.6) is 0 Å². The lowest BCUT2D eigenvalue weighted by molar-refractivity contribution is -0.249. The van der Waals surface area contributed by atoms with Gasteiger partial charge in [-0.15, -0.1) is 0 Å². The van der Waals surface area contributed by atoms with Gasteiger partial charge in [0.2, 0.25) is 0 Å². The molecule has 0 bridgehead atoms. The van der Waals surface area contributed by atoms with E-state index in [9.17, 15) is 38.1 Å². The molecule has 0 spiro atoms. The lowest BCUT2D eigenvalue weighted by Crippen LogP contribution is -2.68. The molecule has 1 saturated heterocycles. The van der Waals surface area contributed by atoms with Gasteiger partial charge in [-0.2, -0.15) is 8.42 Å². The molecule has 1 aliphatic heterocycles. The molecule has 44 heavy (non-hydrogen) atoms. The molecule has 13 heteroatoms. The highest BCUT2D eigenvalue weighted by Gasteiger charge is 2.93. The van der Waals surface area contributed by atoms with Crippen molar-refractivity contribution in [1.29, 1.82) is 0 Å². The number of ketones is 1. The van der Waals surface area contributed by atoms with Gasteiger partial charge in [0.1, 0.15) is 24.4 Å². The second-order valence-corrected chi connectivity index (χ2v) is 15.3. The summed E-state index contributed by atoms with van der Waals surface area (Å²) in [5, 5.41) is 37.3. The summed E-state index contributed by atoms with van der Waals surface area (Å²) in [6.07, 6.45) is -2.96. The Kier molecular flexibility index (Phi) is 6.55. The number of ether oxygens (including phenoxy) is 3. The van der Waals surface area contributed by atoms with Gasteiger partial charge in [0.25, 0.3) is 10.1 Å². The van der Waals surface area contributed by atoms with Crippen LogP contribution in [0.2, 0.25) is 0 Å². The molecule has 1 heterocycles. The second kappa shape index (κ2) is 9.20. The van der Waals surface area contributed by atoms with Crippen molar-refractivity contribution in [2.75, 3.05) is 6.61 Å². The van der Waals surface area contributed by atoms with Crippen molar-refractivity contribution in [3.05, 3.63) is 41.5 Å². The van der Waals surface area contributed by atoms with Crippen LogP contribution >= 0.6 is 0 Å². The third-order valence-corrected chi connectivity index (χ3v) is 12.4. The predicted molar refractivity (Wildman–Crippen MR) is 150 cm³/mol. The van der Waals surface area contributed by atoms with Gasteiger partial charge in [-0.05, 0) is 31.6 Å². The molecule has 4 aliphatic carbocycles. The van der Waals surface area contributed by atoms with Gasteiger partial charge in [-0.25, -0.2) is 0 Å². The molecule has 1 aromatic rings. The number of esters is 2. The number of benzene rings is 1. The average Bonchev–Trinajstić information content (AvgIpc) is 3.76. The van der Waals surface area contributed by atoms with Crippen LogP contribution in [0.3, 0.4) is 0 Å². The quantitative estimate of drug-likeness (QED) is 0.229. The van der Waals surface area contributed by atoms with Gasteiger partial charge in [0.05, 0.1) is 16.6 Å². The van der Waals surface area contributed by atoms with Gasteiger partial charge < -0.3 is 29.5 Å². The topological polar surface area (TPSA) is 186 Å². The van der Waals surface area contributed by atoms with Crippen LogP contribution in [0.1, 0.15) is 47.1 Å². The van der Waals surface area contributed by atoms with Crippen molar-refractivity contribution in [3.63, 3.8) is 0 Å². The predicted octanol–water partition coefficient (Wildman–Crippen LogP) is 0.975. The minimum atomic E-state index is -4.38. The summed E-state index contributed by atoms with van der Waals surface area (Å²) >= 11 is 0. The molecule has 11 atom stereocenters. The Morgan fingerprint density at radius 1 is 1.05 bits per heavy atom. The van der Waals surface area contributed by atoms with Crippen LogP contribution < -0.4 is 0 Å². The van der Waals surface area contributed by atoms with E-state index < -0.39 is 104 Å². The third kappa shape index (κ3) is 3.68. The molecule has 1 aromatic carbocycles. The number of carbonyl (C=O) groups excluding carboxylic acids is 3. The fraction of sp³-hybridized carbons (Fsp3) is 0.645. The van der Waals surface area contributed by atoms with E-state index in [1.807, 2.05) is 0 Å². The summed E-state index contributed by atoms with van der Waals surface area (Å²) in [7, 11) is -4.38. The van der Waals surface area contributed by atoms with E-state index in [0.717, 1.165) is 5.56 Å². The zero-order chi connectivity index (χ0) is 32.6. The van der Waals surface area contributed by atoms with E-state index >= 15 is 0 Å². The van der Waals surface area contributed by atoms with Crippen LogP contribution in [0.15, 0.2) is 40.8 Å². The average molecular weight is 635 g/mol. The summed E-state index contributed by atoms with van der Waals surface area (Å²) in [6, 6.07) is 5.92. The number of carbonyl (C=O) groups is 3. The fourth-order valence-electron chi connectivity index (χ4n) is 9.02. The van der Waals surface area contributed by atoms with Crippen molar-refractivity contribution in [1.82, 2.24) is 0 Å². The Morgan fingerprint density at radius 3 is 2.23 bits per heavy atom. The Bertz CT molecular complexity index is 1600. The number of hydrogen-bond donors (Lipinski definition) is 3. The first-order valence-electron chi connectivity index (χ1n) is 14.6. The Balaban J connectivity index is 1.50. The van der Waals surface area contributed by atoms with Gasteiger partial charge in [0, 0.05) is 42.9 Å². The zero-order valence-electron chi connectivity index (χ0n) is 25.6. The lowest BCUT2D eigenvalue weighted by atomic mass is 9.58. The van der Waals surface area contributed by atoms with Gasteiger partial charge in [-0.3, -0.25) is 18.6 Å². The highest BCUT2D eigenvalue weighted by Crippen LogP contribution is 2.79. The zero-order valence-corrected chi connectivity index (χ0v) is 26.4. The van der Waals surface area contributed by atoms with Crippen molar-refractivity contribution in [3.8, 4) is 0 Å². The van der Waals surface area contributed by atoms with Gasteiger partial charge in [0.15, 0.2) is 17.0 Å². The normalized spacial score (nSPS) is 44.6. The number of epoxide rings is 1. The fourth-order valence-corrected chi connectivity index (χ4v) is 9.96. The highest BCUT2D eigenvalue weighted by atomic mass is 32.2. The monoisotopic (exact) mass is 634 g/mol. The number of aryl methyl sites for hydroxylation is 1. The molecule has 5 aliphatic rings. The van der Waals surface area contributed by atoms with Crippen LogP contribution in [0.25, 0.3) is 0 Å². The molecule has 0 radical (unpaired) electrons. The first-order chi connectivity index (χ1) is 20.2. The summed E-state index contributed by atoms with van der Waals surface area (Å²) < 4.78 is 49.5. The van der Waals surface area contributed by atoms with Crippen LogP contribution in [-0.2, 0) is 42.9 Å². The first-order valence-corrected chi connectivity index (χ1v) is 16.0. The minimum absolute atomic E-state index is 0.141. The largest absolute Gasteiger partial charge is 0.458 e. The molecule has 3 N–H and O–H groups in total. The van der Waals surface area contributed by atoms with Crippen molar-refractivity contribution in [2.24, 2.45) is 29.1 Å². The molecule has 240 valence electrons. The van der Waals surface area contributed by atoms with Crippen molar-refractivity contribution < 1.29 is 56.5 Å². The smallest absolute Gasteiger partial charge is 0.303 e. The van der Waals surface area contributed by atoms with Gasteiger partial charge >= 0.3 is 11.9 Å². The third-order valence-electron chi connectivity index (χ3n) is 11.1. The Labute approximate surface area is 255 Å². The molecule has 0 unspecified atom stereocenters. The standard InChI is InChI=1S/C31H38O12S/c1-14-8-10-19(11-9-14)44(38,39)40-13-28-24(35)21-22-27(6,7)31(22,42-18(5)33)25(41-17(4)32)16(3)29(21,36)20-12-15(2)23(34)30(20,37)26(28)43-28/h8-12,16,20-22,24-26,35-37H,13H2,1-7H3/t16-,20+,21-,22-,24-,25-,26-,28-,29+,30-,31-/m1/s1. The van der Waals surface area contributed by atoms with Crippen molar-refractivity contribution in [2.45, 2.75) is 94.1 Å². The second-order valence-electron chi connectivity index (χ2n) is 13.7. The van der Waals surface area contributed by atoms with E-state index in [0.29, 0.717) is 0 Å². The van der Waals surface area contributed by atoms with E-state index in [-0.39, 0.29) is 10.5 Å². The molecule has 4 fully saturated rings. The Hall–Kier alpha value is -2.68. The highest BCUT2D eigenvalue weighted by molar-refractivity contribution is 7.86. The molecule has 6 rings (SSSR count). The van der Waals surface area contributed by atoms with Crippen molar-refractivity contribution >= 4 is 27.8 Å². The number of aliphatic hydroxyl groups excluding tert-OH is 1. The van der Waals surface area contributed by atoms with Crippen LogP contribution in [-0.4, -0.2) is 88.8 Å². The van der Waals surface area contributed by atoms with Gasteiger partial charge in [-0.1, -0.05) is 44.5 Å². The van der Waals surface area contributed by atoms with Crippen LogP contribution in [0.4, 0.5) is 0 Å². The van der Waals surface area contributed by atoms with Crippen LogP contribution in [0, 0.1) is 36.0 Å². The SMILES string of the molecule is CC(=O)O[C@@H]1[C@@H](C)[C@@]2(O)[C@@H]([C@@H](O)[C@@]3(COS(=O)(=O)c4ccc(C)cc4)O[C@H]3[C@]3(O)C(=O)C(C)=C[C@H]32)[C@@H]2C(C)(C)[C@]12OC(C)=O. The lowest BCUT2D eigenvalue weighted by Gasteiger charge is -2.54. The van der Waals surface area contributed by atoms with E-state index in [2.05, 4.69) is 0 Å². The maximum atomic E-state index is 13.7. The minimum Gasteiger partial charge on any atom is -0.458 e. The van der Waals surface area contributed by atoms with E-state index in [4.69, 9.17) is 18.4 Å². The maximum absolute atomic E-state index is 13.7. The number of hydrogen-bond acceptors (Lipinski definition) is 12. The molecule has 12 nitrogen and oxygen atoms in total. The number of aliphatic hydroxyl groups is 3. The van der Waals surface area contributed by atoms with E-state index in [1.165, 1.54) is 39.0 Å². The molecular formula is C31H38O12S. The molecular weight excluding hydrogens is 596 g/mol. The van der Waals surface area contributed by atoms with E-state index in [1.54, 1.807) is 39.8 Å². The maximum Gasteiger partial charge on any atom is 0.303 e. The molecule has 3 saturated carbocycles. The number of rotatable bonds is 6. The molecule has 0 amide bonds. The summed E-state index contributed by atoms with van der Waals surface area (Å²) in [6.45, 7) is 9.92. The first kappa shape index (κ1) is 31.3.